The van der Waals surface area contributed by atoms with Crippen LogP contribution in [0.1, 0.15) is 6.92 Å². The van der Waals surface area contributed by atoms with Crippen LogP contribution in [0.4, 0.5) is 5.69 Å². The molecule has 5 heteroatoms. The lowest BCUT2D eigenvalue weighted by Crippen LogP contribution is -2.01. The largest absolute Gasteiger partial charge is 0.477 e. The summed E-state index contributed by atoms with van der Waals surface area (Å²) >= 11 is 0. The van der Waals surface area contributed by atoms with Gasteiger partial charge in [-0.25, -0.2) is 9.97 Å². The molecule has 2 N–H and O–H groups in total. The van der Waals surface area contributed by atoms with Crippen molar-refractivity contribution in [1.82, 2.24) is 14.5 Å². The molecular weight excluding hydrogens is 192 g/mol. The van der Waals surface area contributed by atoms with Crippen LogP contribution in [0, 0.1) is 0 Å². The van der Waals surface area contributed by atoms with Gasteiger partial charge in [-0.3, -0.25) is 0 Å². The fraction of sp³-hybridized carbons (Fsp3) is 0.200. The minimum Gasteiger partial charge on any atom is -0.477 e. The van der Waals surface area contributed by atoms with E-state index in [9.17, 15) is 0 Å². The van der Waals surface area contributed by atoms with E-state index in [1.165, 1.54) is 0 Å². The Balaban J connectivity index is 2.33. The van der Waals surface area contributed by atoms with Gasteiger partial charge in [-0.15, -0.1) is 0 Å². The van der Waals surface area contributed by atoms with Crippen molar-refractivity contribution in [3.63, 3.8) is 0 Å². The summed E-state index contributed by atoms with van der Waals surface area (Å²) in [5.74, 6) is 0.473. The minimum atomic E-state index is 0.473. The first kappa shape index (κ1) is 9.51. The third-order valence-corrected chi connectivity index (χ3v) is 1.95. The summed E-state index contributed by atoms with van der Waals surface area (Å²) in [6.45, 7) is 2.45. The molecule has 0 aliphatic carbocycles. The van der Waals surface area contributed by atoms with Gasteiger partial charge in [-0.05, 0) is 13.0 Å². The van der Waals surface area contributed by atoms with Crippen LogP contribution in [0.2, 0.25) is 0 Å². The van der Waals surface area contributed by atoms with Crippen LogP contribution in [0.25, 0.3) is 5.69 Å². The molecule has 0 aliphatic rings. The van der Waals surface area contributed by atoms with Gasteiger partial charge in [0.15, 0.2) is 0 Å². The van der Waals surface area contributed by atoms with Crippen LogP contribution in [0.15, 0.2) is 31.0 Å². The van der Waals surface area contributed by atoms with Crippen molar-refractivity contribution in [2.24, 2.45) is 0 Å². The molecule has 0 atom stereocenters. The molecule has 15 heavy (non-hydrogen) atoms. The van der Waals surface area contributed by atoms with Crippen LogP contribution in [0.5, 0.6) is 5.88 Å². The highest BCUT2D eigenvalue weighted by Gasteiger charge is 2.03. The highest BCUT2D eigenvalue weighted by Crippen LogP contribution is 2.20. The summed E-state index contributed by atoms with van der Waals surface area (Å²) in [5.41, 5.74) is 7.19. The number of nitrogen functional groups attached to an aromatic ring is 1. The van der Waals surface area contributed by atoms with Crippen molar-refractivity contribution in [3.05, 3.63) is 31.0 Å². The van der Waals surface area contributed by atoms with E-state index in [1.807, 2.05) is 17.7 Å². The quantitative estimate of drug-likeness (QED) is 0.817. The summed E-state index contributed by atoms with van der Waals surface area (Å²) in [6, 6.07) is 1.81. The molecular formula is C10H12N4O. The molecule has 2 heterocycles. The molecule has 0 saturated heterocycles. The number of aromatic nitrogens is 3. The molecule has 2 rings (SSSR count). The van der Waals surface area contributed by atoms with Gasteiger partial charge in [0.05, 0.1) is 30.5 Å². The first-order valence-electron chi connectivity index (χ1n) is 4.68. The van der Waals surface area contributed by atoms with E-state index in [0.29, 0.717) is 18.2 Å². The van der Waals surface area contributed by atoms with Gasteiger partial charge < -0.3 is 15.0 Å². The zero-order valence-electron chi connectivity index (χ0n) is 8.42. The Morgan fingerprint density at radius 1 is 1.53 bits per heavy atom. The molecule has 78 valence electrons. The van der Waals surface area contributed by atoms with Crippen LogP contribution in [0.3, 0.4) is 0 Å². The second kappa shape index (κ2) is 4.00. The van der Waals surface area contributed by atoms with Gasteiger partial charge in [0.2, 0.25) is 5.88 Å². The summed E-state index contributed by atoms with van der Waals surface area (Å²) in [5, 5.41) is 0. The molecule has 0 saturated carbocycles. The number of rotatable bonds is 3. The second-order valence-electron chi connectivity index (χ2n) is 2.99. The van der Waals surface area contributed by atoms with Crippen molar-refractivity contribution in [2.45, 2.75) is 6.92 Å². The minimum absolute atomic E-state index is 0.473. The molecule has 0 aliphatic heterocycles. The van der Waals surface area contributed by atoms with Gasteiger partial charge >= 0.3 is 0 Å². The van der Waals surface area contributed by atoms with E-state index < -0.39 is 0 Å². The summed E-state index contributed by atoms with van der Waals surface area (Å²) in [7, 11) is 0. The molecule has 0 aromatic carbocycles. The number of nitrogens with two attached hydrogens (primary N) is 1. The Kier molecular flexibility index (Phi) is 2.53. The van der Waals surface area contributed by atoms with E-state index in [1.54, 1.807) is 24.8 Å². The number of anilines is 1. The Morgan fingerprint density at radius 3 is 3.00 bits per heavy atom. The highest BCUT2D eigenvalue weighted by molar-refractivity contribution is 5.53. The second-order valence-corrected chi connectivity index (χ2v) is 2.99. The van der Waals surface area contributed by atoms with E-state index in [0.717, 1.165) is 5.69 Å². The topological polar surface area (TPSA) is 66.0 Å². The molecule has 0 radical (unpaired) electrons. The normalized spacial score (nSPS) is 10.2. The number of nitrogens with zero attached hydrogens (tertiary/aromatic N) is 3. The predicted octanol–water partition coefficient (Wildman–Crippen LogP) is 1.25. The van der Waals surface area contributed by atoms with Gasteiger partial charge in [0.1, 0.15) is 0 Å². The van der Waals surface area contributed by atoms with Gasteiger partial charge in [0, 0.05) is 12.4 Å². The number of hydrogen-bond acceptors (Lipinski definition) is 4. The number of ether oxygens (including phenoxy) is 1. The number of hydrogen-bond donors (Lipinski definition) is 1. The lowest BCUT2D eigenvalue weighted by molar-refractivity contribution is 0.329. The van der Waals surface area contributed by atoms with E-state index in [-0.39, 0.29) is 0 Å². The zero-order valence-corrected chi connectivity index (χ0v) is 8.42. The van der Waals surface area contributed by atoms with Crippen molar-refractivity contribution in [3.8, 4) is 11.6 Å². The monoisotopic (exact) mass is 204 g/mol. The third-order valence-electron chi connectivity index (χ3n) is 1.95. The maximum atomic E-state index is 5.79. The van der Waals surface area contributed by atoms with E-state index in [4.69, 9.17) is 10.5 Å². The molecule has 0 spiro atoms. The van der Waals surface area contributed by atoms with Crippen molar-refractivity contribution < 1.29 is 4.74 Å². The van der Waals surface area contributed by atoms with Crippen LogP contribution < -0.4 is 10.5 Å². The van der Waals surface area contributed by atoms with Gasteiger partial charge in [-0.2, -0.15) is 0 Å². The summed E-state index contributed by atoms with van der Waals surface area (Å²) in [4.78, 5) is 8.08. The Bertz CT molecular complexity index is 439. The molecule has 2 aromatic heterocycles. The lowest BCUT2D eigenvalue weighted by Gasteiger charge is -2.07. The standard InChI is InChI=1S/C10H12N4O/c1-2-15-10-9(11)5-8(6-13-10)14-4-3-12-7-14/h3-7H,2,11H2,1H3. The van der Waals surface area contributed by atoms with Crippen molar-refractivity contribution >= 4 is 5.69 Å². The van der Waals surface area contributed by atoms with Crippen LogP contribution >= 0.6 is 0 Å². The highest BCUT2D eigenvalue weighted by atomic mass is 16.5. The molecule has 2 aromatic rings. The van der Waals surface area contributed by atoms with Gasteiger partial charge in [0.25, 0.3) is 0 Å². The Morgan fingerprint density at radius 2 is 2.40 bits per heavy atom. The lowest BCUT2D eigenvalue weighted by atomic mass is 10.3. The van der Waals surface area contributed by atoms with Crippen molar-refractivity contribution in [1.29, 1.82) is 0 Å². The predicted molar refractivity (Wildman–Crippen MR) is 56.9 cm³/mol. The average Bonchev–Trinajstić information content (AvgIpc) is 2.74. The Labute approximate surface area is 87.5 Å². The molecule has 0 unspecified atom stereocenters. The number of imidazole rings is 1. The smallest absolute Gasteiger partial charge is 0.237 e. The van der Waals surface area contributed by atoms with E-state index in [2.05, 4.69) is 9.97 Å². The maximum absolute atomic E-state index is 5.79. The van der Waals surface area contributed by atoms with Crippen LogP contribution in [-0.2, 0) is 0 Å². The molecule has 5 nitrogen and oxygen atoms in total. The fourth-order valence-electron chi connectivity index (χ4n) is 1.27. The third kappa shape index (κ3) is 1.90. The maximum Gasteiger partial charge on any atom is 0.237 e. The average molecular weight is 204 g/mol. The summed E-state index contributed by atoms with van der Waals surface area (Å²) < 4.78 is 7.08. The van der Waals surface area contributed by atoms with Crippen LogP contribution in [-0.4, -0.2) is 21.1 Å². The zero-order chi connectivity index (χ0) is 10.7. The van der Waals surface area contributed by atoms with Gasteiger partial charge in [-0.1, -0.05) is 0 Å². The Hall–Kier alpha value is -2.04. The first-order valence-corrected chi connectivity index (χ1v) is 4.68. The number of pyridine rings is 1. The van der Waals surface area contributed by atoms with Crippen molar-refractivity contribution in [2.75, 3.05) is 12.3 Å². The molecule has 0 fully saturated rings. The summed E-state index contributed by atoms with van der Waals surface area (Å²) in [6.07, 6.45) is 6.92. The molecule has 0 bridgehead atoms. The van der Waals surface area contributed by atoms with E-state index >= 15 is 0 Å². The SMILES string of the molecule is CCOc1ncc(-n2ccnc2)cc1N. The first-order chi connectivity index (χ1) is 7.31. The molecule has 0 amide bonds. The fourth-order valence-corrected chi connectivity index (χ4v) is 1.27.